The van der Waals surface area contributed by atoms with Gasteiger partial charge in [0.15, 0.2) is 5.13 Å². The summed E-state index contributed by atoms with van der Waals surface area (Å²) in [4.78, 5) is 6.59. The molecule has 0 radical (unpaired) electrons. The maximum absolute atomic E-state index is 4.24. The van der Waals surface area contributed by atoms with E-state index in [2.05, 4.69) is 9.88 Å². The number of hydrogen-bond acceptors (Lipinski definition) is 3. The number of aromatic nitrogens is 1. The molecular weight excluding hydrogens is 304 g/mol. The van der Waals surface area contributed by atoms with Gasteiger partial charge in [-0.05, 0) is 12.8 Å². The van der Waals surface area contributed by atoms with Crippen LogP contribution < -0.4 is 4.90 Å². The van der Waals surface area contributed by atoms with E-state index in [-0.39, 0.29) is 34.0 Å². The monoisotopic (exact) mass is 314 g/mol. The second-order valence-electron chi connectivity index (χ2n) is 2.51. The van der Waals surface area contributed by atoms with E-state index in [0.717, 1.165) is 0 Å². The molecule has 0 saturated carbocycles. The van der Waals surface area contributed by atoms with Crippen LogP contribution in [0.3, 0.4) is 0 Å². The van der Waals surface area contributed by atoms with Crippen LogP contribution in [0.4, 0.5) is 5.13 Å². The van der Waals surface area contributed by atoms with Gasteiger partial charge in [-0.25, -0.2) is 4.98 Å². The standard InChI is InChI=1S/C7H10N2S.2BrH/c1-2-5-9(4-1)7-8-3-6-10-7;;/h3,6H,1-2,4-5H2;2*1H. The molecule has 2 rings (SSSR count). The predicted octanol–water partition coefficient (Wildman–Crippen LogP) is 2.90. The van der Waals surface area contributed by atoms with Gasteiger partial charge in [0, 0.05) is 24.7 Å². The van der Waals surface area contributed by atoms with E-state index in [4.69, 9.17) is 0 Å². The van der Waals surface area contributed by atoms with Crippen molar-refractivity contribution in [1.82, 2.24) is 4.98 Å². The molecule has 1 aromatic heterocycles. The van der Waals surface area contributed by atoms with Crippen LogP contribution in [-0.4, -0.2) is 18.1 Å². The van der Waals surface area contributed by atoms with E-state index in [1.807, 2.05) is 11.6 Å². The van der Waals surface area contributed by atoms with Crippen LogP contribution in [0, 0.1) is 0 Å². The Labute approximate surface area is 97.5 Å². The molecule has 1 aromatic rings. The average molecular weight is 316 g/mol. The summed E-state index contributed by atoms with van der Waals surface area (Å²) in [5.41, 5.74) is 0. The van der Waals surface area contributed by atoms with Crippen LogP contribution in [0.15, 0.2) is 11.6 Å². The lowest BCUT2D eigenvalue weighted by Gasteiger charge is -2.11. The molecule has 0 spiro atoms. The molecule has 2 nitrogen and oxygen atoms in total. The van der Waals surface area contributed by atoms with Crippen molar-refractivity contribution in [3.05, 3.63) is 11.6 Å². The molecule has 5 heteroatoms. The number of halogens is 2. The van der Waals surface area contributed by atoms with Crippen LogP contribution in [-0.2, 0) is 0 Å². The Balaban J connectivity index is 0.000000605. The first-order valence-corrected chi connectivity index (χ1v) is 4.49. The smallest absolute Gasteiger partial charge is 0.185 e. The first kappa shape index (κ1) is 12.4. The van der Waals surface area contributed by atoms with Gasteiger partial charge in [-0.1, -0.05) is 0 Å². The van der Waals surface area contributed by atoms with Crippen molar-refractivity contribution in [3.63, 3.8) is 0 Å². The van der Waals surface area contributed by atoms with Crippen molar-refractivity contribution >= 4 is 50.4 Å². The third-order valence-electron chi connectivity index (χ3n) is 1.80. The topological polar surface area (TPSA) is 16.1 Å². The molecule has 70 valence electrons. The van der Waals surface area contributed by atoms with E-state index < -0.39 is 0 Å². The molecular formula is C7H12Br2N2S. The summed E-state index contributed by atoms with van der Waals surface area (Å²) in [7, 11) is 0. The second-order valence-corrected chi connectivity index (χ2v) is 3.38. The van der Waals surface area contributed by atoms with Gasteiger partial charge in [0.25, 0.3) is 0 Å². The molecule has 0 aromatic carbocycles. The summed E-state index contributed by atoms with van der Waals surface area (Å²) < 4.78 is 0. The molecule has 2 heterocycles. The summed E-state index contributed by atoms with van der Waals surface area (Å²) in [5, 5.41) is 3.23. The molecule has 1 saturated heterocycles. The fourth-order valence-corrected chi connectivity index (χ4v) is 1.98. The number of thiazole rings is 1. The van der Waals surface area contributed by atoms with Gasteiger partial charge in [-0.3, -0.25) is 0 Å². The quantitative estimate of drug-likeness (QED) is 0.792. The minimum absolute atomic E-state index is 0. The van der Waals surface area contributed by atoms with Crippen LogP contribution >= 0.6 is 45.3 Å². The van der Waals surface area contributed by atoms with E-state index in [9.17, 15) is 0 Å². The predicted molar refractivity (Wildman–Crippen MR) is 64.2 cm³/mol. The highest BCUT2D eigenvalue weighted by Crippen LogP contribution is 2.21. The van der Waals surface area contributed by atoms with E-state index >= 15 is 0 Å². The molecule has 12 heavy (non-hydrogen) atoms. The SMILES string of the molecule is Br.Br.c1csc(N2CCCC2)n1. The molecule has 0 unspecified atom stereocenters. The van der Waals surface area contributed by atoms with Crippen LogP contribution in [0.1, 0.15) is 12.8 Å². The normalized spacial score (nSPS) is 15.2. The van der Waals surface area contributed by atoms with Gasteiger partial charge in [-0.15, -0.1) is 45.3 Å². The Hall–Kier alpha value is 0.390. The highest BCUT2D eigenvalue weighted by Gasteiger charge is 2.13. The zero-order valence-electron chi connectivity index (χ0n) is 6.60. The summed E-state index contributed by atoms with van der Waals surface area (Å²) in [5.74, 6) is 0. The van der Waals surface area contributed by atoms with Crippen molar-refractivity contribution in [2.45, 2.75) is 12.8 Å². The summed E-state index contributed by atoms with van der Waals surface area (Å²) >= 11 is 1.74. The number of anilines is 1. The molecule has 1 aliphatic rings. The number of rotatable bonds is 1. The fourth-order valence-electron chi connectivity index (χ4n) is 1.28. The Bertz CT molecular complexity index is 197. The Morgan fingerprint density at radius 3 is 2.42 bits per heavy atom. The fraction of sp³-hybridized carbons (Fsp3) is 0.571. The van der Waals surface area contributed by atoms with Crippen LogP contribution in [0.5, 0.6) is 0 Å². The van der Waals surface area contributed by atoms with Crippen molar-refractivity contribution in [3.8, 4) is 0 Å². The third-order valence-corrected chi connectivity index (χ3v) is 2.63. The Morgan fingerprint density at radius 2 is 1.92 bits per heavy atom. The summed E-state index contributed by atoms with van der Waals surface area (Å²) in [6.07, 6.45) is 4.54. The van der Waals surface area contributed by atoms with Crippen molar-refractivity contribution < 1.29 is 0 Å². The first-order chi connectivity index (χ1) is 4.97. The maximum Gasteiger partial charge on any atom is 0.185 e. The van der Waals surface area contributed by atoms with E-state index in [1.54, 1.807) is 11.3 Å². The molecule has 0 amide bonds. The van der Waals surface area contributed by atoms with Gasteiger partial charge < -0.3 is 4.90 Å². The molecule has 1 aliphatic heterocycles. The lowest BCUT2D eigenvalue weighted by atomic mass is 10.4. The zero-order chi connectivity index (χ0) is 6.81. The number of hydrogen-bond donors (Lipinski definition) is 0. The average Bonchev–Trinajstić information content (AvgIpc) is 2.59. The second kappa shape index (κ2) is 5.94. The zero-order valence-corrected chi connectivity index (χ0v) is 10.8. The van der Waals surface area contributed by atoms with Gasteiger partial charge in [-0.2, -0.15) is 0 Å². The lowest BCUT2D eigenvalue weighted by Crippen LogP contribution is -2.16. The molecule has 1 fully saturated rings. The first-order valence-electron chi connectivity index (χ1n) is 3.61. The van der Waals surface area contributed by atoms with Gasteiger partial charge >= 0.3 is 0 Å². The molecule has 0 atom stereocenters. The van der Waals surface area contributed by atoms with Crippen molar-refractivity contribution in [2.75, 3.05) is 18.0 Å². The van der Waals surface area contributed by atoms with Gasteiger partial charge in [0.05, 0.1) is 0 Å². The highest BCUT2D eigenvalue weighted by molar-refractivity contribution is 8.93. The highest BCUT2D eigenvalue weighted by atomic mass is 79.9. The molecule has 0 N–H and O–H groups in total. The maximum atomic E-state index is 4.24. The van der Waals surface area contributed by atoms with E-state index in [1.165, 1.54) is 31.1 Å². The minimum atomic E-state index is 0. The molecule has 0 bridgehead atoms. The largest absolute Gasteiger partial charge is 0.348 e. The number of nitrogens with zero attached hydrogens (tertiary/aromatic N) is 2. The lowest BCUT2D eigenvalue weighted by molar-refractivity contribution is 0.949. The van der Waals surface area contributed by atoms with Gasteiger partial charge in [0.1, 0.15) is 0 Å². The minimum Gasteiger partial charge on any atom is -0.348 e. The van der Waals surface area contributed by atoms with Crippen molar-refractivity contribution in [2.24, 2.45) is 0 Å². The third kappa shape index (κ3) is 2.71. The van der Waals surface area contributed by atoms with E-state index in [0.29, 0.717) is 0 Å². The van der Waals surface area contributed by atoms with Crippen LogP contribution in [0.2, 0.25) is 0 Å². The molecule has 0 aliphatic carbocycles. The van der Waals surface area contributed by atoms with Crippen LogP contribution in [0.25, 0.3) is 0 Å². The summed E-state index contributed by atoms with van der Waals surface area (Å²) in [6.45, 7) is 2.40. The Kier molecular flexibility index (Phi) is 6.13. The van der Waals surface area contributed by atoms with Crippen molar-refractivity contribution in [1.29, 1.82) is 0 Å². The van der Waals surface area contributed by atoms with Gasteiger partial charge in [0.2, 0.25) is 0 Å². The summed E-state index contributed by atoms with van der Waals surface area (Å²) in [6, 6.07) is 0. The Morgan fingerprint density at radius 1 is 1.25 bits per heavy atom.